The van der Waals surface area contributed by atoms with Gasteiger partial charge in [-0.05, 0) is 6.92 Å². The van der Waals surface area contributed by atoms with Crippen LogP contribution in [0.15, 0.2) is 11.3 Å². The molecule has 0 aliphatic heterocycles. The topological polar surface area (TPSA) is 63.6 Å². The molecule has 0 saturated heterocycles. The first-order valence-corrected chi connectivity index (χ1v) is 5.05. The lowest BCUT2D eigenvalue weighted by molar-refractivity contribution is -0.139. The number of carbonyl (C=O) groups is 2. The molecule has 7 heteroatoms. The Bertz CT molecular complexity index is 303. The van der Waals surface area contributed by atoms with Crippen molar-refractivity contribution in [3.8, 4) is 0 Å². The molecule has 0 heterocycles. The van der Waals surface area contributed by atoms with Gasteiger partial charge in [0, 0.05) is 6.42 Å². The molecule has 0 unspecified atom stereocenters. The van der Waals surface area contributed by atoms with E-state index in [2.05, 4.69) is 4.74 Å². The molecular weight excluding hydrogens is 266 g/mol. The third kappa shape index (κ3) is 4.73. The van der Waals surface area contributed by atoms with Crippen LogP contribution >= 0.6 is 34.8 Å². The lowest BCUT2D eigenvalue weighted by Crippen LogP contribution is -2.22. The largest absolute Gasteiger partial charge is 0.478 e. The molecule has 0 rings (SSSR count). The van der Waals surface area contributed by atoms with Gasteiger partial charge in [-0.15, -0.1) is 0 Å². The highest BCUT2D eigenvalue weighted by atomic mass is 35.6. The number of hydrogen-bond donors (Lipinski definition) is 1. The Labute approximate surface area is 102 Å². The molecule has 0 bridgehead atoms. The number of esters is 1. The highest BCUT2D eigenvalue weighted by Gasteiger charge is 2.34. The fourth-order valence-corrected chi connectivity index (χ4v) is 0.819. The first kappa shape index (κ1) is 14.6. The van der Waals surface area contributed by atoms with Crippen molar-refractivity contribution in [1.29, 1.82) is 0 Å². The standard InChI is InChI=1S/C8H9Cl3O4/c1-3-5(4(2)6(12)13)15-7(14)8(9,10)11/h3H2,1-2H3,(H,12,13)/b5-4+. The highest BCUT2D eigenvalue weighted by molar-refractivity contribution is 6.75. The molecule has 4 nitrogen and oxygen atoms in total. The van der Waals surface area contributed by atoms with Crippen molar-refractivity contribution in [3.05, 3.63) is 11.3 Å². The molecule has 15 heavy (non-hydrogen) atoms. The summed E-state index contributed by atoms with van der Waals surface area (Å²) in [4.78, 5) is 21.7. The quantitative estimate of drug-likeness (QED) is 0.372. The number of carboxylic acid groups (broad SMARTS) is 1. The maximum absolute atomic E-state index is 11.1. The number of aliphatic carboxylic acids is 1. The normalized spacial score (nSPS) is 13.1. The Morgan fingerprint density at radius 3 is 2.07 bits per heavy atom. The molecule has 0 aliphatic carbocycles. The first-order valence-electron chi connectivity index (χ1n) is 3.92. The average molecular weight is 276 g/mol. The van der Waals surface area contributed by atoms with Crippen LogP contribution in [-0.4, -0.2) is 20.8 Å². The Hall–Kier alpha value is -0.450. The van der Waals surface area contributed by atoms with E-state index >= 15 is 0 Å². The number of alkyl halides is 3. The molecule has 0 radical (unpaired) electrons. The number of carboxylic acids is 1. The lowest BCUT2D eigenvalue weighted by atomic mass is 10.2. The van der Waals surface area contributed by atoms with Crippen molar-refractivity contribution >= 4 is 46.7 Å². The minimum atomic E-state index is -2.21. The molecule has 0 aromatic carbocycles. The highest BCUT2D eigenvalue weighted by Crippen LogP contribution is 2.29. The van der Waals surface area contributed by atoms with Crippen LogP contribution in [0.2, 0.25) is 0 Å². The van der Waals surface area contributed by atoms with Crippen LogP contribution in [0.25, 0.3) is 0 Å². The van der Waals surface area contributed by atoms with Crippen LogP contribution in [0.3, 0.4) is 0 Å². The van der Waals surface area contributed by atoms with Gasteiger partial charge in [-0.1, -0.05) is 41.7 Å². The second-order valence-electron chi connectivity index (χ2n) is 2.59. The third-order valence-corrected chi connectivity index (χ3v) is 1.97. The maximum Gasteiger partial charge on any atom is 0.363 e. The van der Waals surface area contributed by atoms with E-state index in [1.54, 1.807) is 6.92 Å². The smallest absolute Gasteiger partial charge is 0.363 e. The Morgan fingerprint density at radius 2 is 1.80 bits per heavy atom. The fraction of sp³-hybridized carbons (Fsp3) is 0.500. The van der Waals surface area contributed by atoms with Gasteiger partial charge in [-0.3, -0.25) is 0 Å². The number of ether oxygens (including phenoxy) is 1. The van der Waals surface area contributed by atoms with Crippen molar-refractivity contribution in [2.45, 2.75) is 24.1 Å². The van der Waals surface area contributed by atoms with Gasteiger partial charge < -0.3 is 9.84 Å². The second kappa shape index (κ2) is 5.58. The predicted molar refractivity (Wildman–Crippen MR) is 57.0 cm³/mol. The maximum atomic E-state index is 11.1. The van der Waals surface area contributed by atoms with Crippen LogP contribution in [0, 0.1) is 0 Å². The molecule has 0 aromatic rings. The van der Waals surface area contributed by atoms with Gasteiger partial charge >= 0.3 is 11.9 Å². The van der Waals surface area contributed by atoms with Gasteiger partial charge in [0.2, 0.25) is 0 Å². The number of allylic oxidation sites excluding steroid dienone is 1. The van der Waals surface area contributed by atoms with Gasteiger partial charge in [-0.25, -0.2) is 9.59 Å². The van der Waals surface area contributed by atoms with E-state index in [0.29, 0.717) is 0 Å². The first-order chi connectivity index (χ1) is 6.70. The summed E-state index contributed by atoms with van der Waals surface area (Å²) >= 11 is 15.8. The number of hydrogen-bond acceptors (Lipinski definition) is 3. The molecule has 0 saturated carbocycles. The Kier molecular flexibility index (Phi) is 5.42. The lowest BCUT2D eigenvalue weighted by Gasteiger charge is -2.13. The van der Waals surface area contributed by atoms with E-state index in [1.807, 2.05) is 0 Å². The van der Waals surface area contributed by atoms with E-state index in [-0.39, 0.29) is 17.8 Å². The van der Waals surface area contributed by atoms with Gasteiger partial charge in [0.05, 0.1) is 5.57 Å². The van der Waals surface area contributed by atoms with Gasteiger partial charge in [-0.2, -0.15) is 0 Å². The summed E-state index contributed by atoms with van der Waals surface area (Å²) in [5, 5.41) is 8.65. The predicted octanol–water partition coefficient (Wildman–Crippen LogP) is 2.67. The summed E-state index contributed by atoms with van der Waals surface area (Å²) < 4.78 is 2.44. The minimum Gasteiger partial charge on any atom is -0.478 e. The van der Waals surface area contributed by atoms with Crippen molar-refractivity contribution < 1.29 is 19.4 Å². The zero-order valence-corrected chi connectivity index (χ0v) is 10.3. The van der Waals surface area contributed by atoms with Gasteiger partial charge in [0.1, 0.15) is 5.76 Å². The summed E-state index contributed by atoms with van der Waals surface area (Å²) in [7, 11) is 0. The molecule has 0 aromatic heterocycles. The van der Waals surface area contributed by atoms with Crippen LogP contribution < -0.4 is 0 Å². The summed E-state index contributed by atoms with van der Waals surface area (Å²) in [5.74, 6) is -2.34. The van der Waals surface area contributed by atoms with Crippen molar-refractivity contribution in [1.82, 2.24) is 0 Å². The summed E-state index contributed by atoms with van der Waals surface area (Å²) in [6.45, 7) is 2.92. The van der Waals surface area contributed by atoms with E-state index < -0.39 is 15.7 Å². The molecule has 0 atom stereocenters. The van der Waals surface area contributed by atoms with E-state index in [4.69, 9.17) is 39.9 Å². The molecule has 86 valence electrons. The van der Waals surface area contributed by atoms with E-state index in [1.165, 1.54) is 6.92 Å². The van der Waals surface area contributed by atoms with Crippen molar-refractivity contribution in [3.63, 3.8) is 0 Å². The number of halogens is 3. The average Bonchev–Trinajstić information content (AvgIpc) is 2.10. The summed E-state index contributed by atoms with van der Waals surface area (Å²) in [5.41, 5.74) is -0.0971. The van der Waals surface area contributed by atoms with Gasteiger partial charge in [0.25, 0.3) is 3.79 Å². The van der Waals surface area contributed by atoms with Crippen LogP contribution in [0.4, 0.5) is 0 Å². The van der Waals surface area contributed by atoms with Crippen molar-refractivity contribution in [2.75, 3.05) is 0 Å². The van der Waals surface area contributed by atoms with Crippen LogP contribution in [-0.2, 0) is 14.3 Å². The minimum absolute atomic E-state index is 0.0289. The molecule has 0 fully saturated rings. The number of rotatable bonds is 3. The van der Waals surface area contributed by atoms with Crippen LogP contribution in [0.1, 0.15) is 20.3 Å². The molecule has 1 N–H and O–H groups in total. The van der Waals surface area contributed by atoms with Crippen molar-refractivity contribution in [2.24, 2.45) is 0 Å². The molecule has 0 amide bonds. The molecule has 0 spiro atoms. The van der Waals surface area contributed by atoms with E-state index in [9.17, 15) is 9.59 Å². The zero-order chi connectivity index (χ0) is 12.2. The van der Waals surface area contributed by atoms with Crippen LogP contribution in [0.5, 0.6) is 0 Å². The Balaban J connectivity index is 4.84. The van der Waals surface area contributed by atoms with Gasteiger partial charge in [0.15, 0.2) is 0 Å². The molecular formula is C8H9Cl3O4. The molecule has 0 aliphatic rings. The summed E-state index contributed by atoms with van der Waals surface area (Å²) in [6.07, 6.45) is 0.213. The monoisotopic (exact) mass is 274 g/mol. The Morgan fingerprint density at radius 1 is 1.33 bits per heavy atom. The SMILES string of the molecule is CC/C(OC(=O)C(Cl)(Cl)Cl)=C(/C)C(=O)O. The second-order valence-corrected chi connectivity index (χ2v) is 4.88. The fourth-order valence-electron chi connectivity index (χ4n) is 0.703. The number of carbonyl (C=O) groups excluding carboxylic acids is 1. The zero-order valence-electron chi connectivity index (χ0n) is 8.01. The third-order valence-electron chi connectivity index (χ3n) is 1.51. The van der Waals surface area contributed by atoms with E-state index in [0.717, 1.165) is 0 Å². The summed E-state index contributed by atoms with van der Waals surface area (Å²) in [6, 6.07) is 0.